The first-order valence-electron chi connectivity index (χ1n) is 9.04. The van der Waals surface area contributed by atoms with Gasteiger partial charge in [0.2, 0.25) is 0 Å². The number of rotatable bonds is 7. The Morgan fingerprint density at radius 3 is 2.72 bits per heavy atom. The summed E-state index contributed by atoms with van der Waals surface area (Å²) in [7, 11) is 1.45. The number of hydrogen-bond donors (Lipinski definition) is 0. The van der Waals surface area contributed by atoms with Gasteiger partial charge in [-0.25, -0.2) is 23.5 Å². The lowest BCUT2D eigenvalue weighted by Crippen LogP contribution is -2.41. The molecule has 9 nitrogen and oxygen atoms in total. The van der Waals surface area contributed by atoms with E-state index in [1.54, 1.807) is 13.8 Å². The third-order valence-electron chi connectivity index (χ3n) is 4.49. The van der Waals surface area contributed by atoms with E-state index in [0.717, 1.165) is 9.13 Å². The molecule has 2 aromatic heterocycles. The third-order valence-corrected chi connectivity index (χ3v) is 4.49. The SMILES string of the molecule is CCOC(=O)[C@H](C)n1cnc2c1c(=O)n(CCOC)c(=O)n2-c1cccc(F)c1. The molecule has 3 aromatic rings. The van der Waals surface area contributed by atoms with Crippen molar-refractivity contribution in [3.8, 4) is 5.69 Å². The molecule has 29 heavy (non-hydrogen) atoms. The highest BCUT2D eigenvalue weighted by Gasteiger charge is 2.24. The van der Waals surface area contributed by atoms with Crippen molar-refractivity contribution in [2.75, 3.05) is 20.3 Å². The molecule has 0 bridgehead atoms. The first-order valence-corrected chi connectivity index (χ1v) is 9.04. The van der Waals surface area contributed by atoms with Gasteiger partial charge in [0.1, 0.15) is 11.9 Å². The second kappa shape index (κ2) is 8.39. The molecule has 0 aliphatic carbocycles. The van der Waals surface area contributed by atoms with E-state index in [-0.39, 0.29) is 36.6 Å². The number of carbonyl (C=O) groups excluding carboxylic acids is 1. The molecule has 0 aliphatic heterocycles. The molecule has 0 radical (unpaired) electrons. The molecule has 10 heteroatoms. The summed E-state index contributed by atoms with van der Waals surface area (Å²) in [5, 5.41) is 0. The van der Waals surface area contributed by atoms with Crippen molar-refractivity contribution < 1.29 is 18.7 Å². The quantitative estimate of drug-likeness (QED) is 0.550. The van der Waals surface area contributed by atoms with Crippen LogP contribution in [0.2, 0.25) is 0 Å². The van der Waals surface area contributed by atoms with Gasteiger partial charge in [-0.05, 0) is 32.0 Å². The lowest BCUT2D eigenvalue weighted by atomic mass is 10.3. The number of carbonyl (C=O) groups is 1. The fourth-order valence-corrected chi connectivity index (χ4v) is 3.04. The minimum Gasteiger partial charge on any atom is -0.464 e. The average molecular weight is 404 g/mol. The van der Waals surface area contributed by atoms with Crippen LogP contribution in [-0.2, 0) is 20.8 Å². The highest BCUT2D eigenvalue weighted by molar-refractivity contribution is 5.79. The summed E-state index contributed by atoms with van der Waals surface area (Å²) in [6, 6.07) is 4.55. The number of halogens is 1. The molecular weight excluding hydrogens is 383 g/mol. The van der Waals surface area contributed by atoms with Crippen LogP contribution in [0.1, 0.15) is 19.9 Å². The van der Waals surface area contributed by atoms with Crippen molar-refractivity contribution in [1.29, 1.82) is 0 Å². The van der Waals surface area contributed by atoms with Crippen LogP contribution >= 0.6 is 0 Å². The van der Waals surface area contributed by atoms with Gasteiger partial charge in [-0.1, -0.05) is 6.07 Å². The summed E-state index contributed by atoms with van der Waals surface area (Å²) >= 11 is 0. The van der Waals surface area contributed by atoms with Gasteiger partial charge in [0.15, 0.2) is 11.2 Å². The molecule has 0 saturated carbocycles. The lowest BCUT2D eigenvalue weighted by Gasteiger charge is -2.15. The van der Waals surface area contributed by atoms with Gasteiger partial charge in [0, 0.05) is 7.11 Å². The Morgan fingerprint density at radius 2 is 2.07 bits per heavy atom. The van der Waals surface area contributed by atoms with Gasteiger partial charge in [-0.3, -0.25) is 9.36 Å². The second-order valence-electron chi connectivity index (χ2n) is 6.30. The number of hydrogen-bond acceptors (Lipinski definition) is 6. The molecule has 154 valence electrons. The zero-order chi connectivity index (χ0) is 21.1. The Kier molecular flexibility index (Phi) is 5.92. The van der Waals surface area contributed by atoms with E-state index in [1.807, 2.05) is 0 Å². The number of ether oxygens (including phenoxy) is 2. The number of imidazole rings is 1. The molecule has 0 amide bonds. The topological polar surface area (TPSA) is 97.4 Å². The van der Waals surface area contributed by atoms with Gasteiger partial charge in [-0.2, -0.15) is 0 Å². The van der Waals surface area contributed by atoms with Crippen LogP contribution in [0.25, 0.3) is 16.9 Å². The Morgan fingerprint density at radius 1 is 1.31 bits per heavy atom. The van der Waals surface area contributed by atoms with E-state index in [4.69, 9.17) is 9.47 Å². The maximum absolute atomic E-state index is 13.8. The monoisotopic (exact) mass is 404 g/mol. The van der Waals surface area contributed by atoms with Gasteiger partial charge < -0.3 is 14.0 Å². The van der Waals surface area contributed by atoms with Crippen molar-refractivity contribution in [1.82, 2.24) is 18.7 Å². The summed E-state index contributed by atoms with van der Waals surface area (Å²) in [6.45, 7) is 3.53. The highest BCUT2D eigenvalue weighted by atomic mass is 19.1. The van der Waals surface area contributed by atoms with Crippen molar-refractivity contribution in [2.45, 2.75) is 26.4 Å². The number of esters is 1. The maximum Gasteiger partial charge on any atom is 0.337 e. The molecule has 1 atom stereocenters. The minimum absolute atomic E-state index is 0.0155. The summed E-state index contributed by atoms with van der Waals surface area (Å²) in [5.74, 6) is -1.09. The zero-order valence-electron chi connectivity index (χ0n) is 16.3. The molecule has 1 aromatic carbocycles. The summed E-state index contributed by atoms with van der Waals surface area (Å²) < 4.78 is 27.3. The van der Waals surface area contributed by atoms with Crippen LogP contribution in [0.4, 0.5) is 4.39 Å². The Labute approximate surface area is 164 Å². The second-order valence-corrected chi connectivity index (χ2v) is 6.30. The third kappa shape index (κ3) is 3.70. The number of methoxy groups -OCH3 is 1. The molecule has 0 N–H and O–H groups in total. The average Bonchev–Trinajstić information content (AvgIpc) is 3.12. The maximum atomic E-state index is 13.8. The van der Waals surface area contributed by atoms with Crippen LogP contribution in [-0.4, -0.2) is 45.0 Å². The number of nitrogens with zero attached hydrogens (tertiary/aromatic N) is 4. The molecule has 2 heterocycles. The van der Waals surface area contributed by atoms with E-state index in [1.165, 1.54) is 42.3 Å². The van der Waals surface area contributed by atoms with Gasteiger partial charge in [0.25, 0.3) is 5.56 Å². The summed E-state index contributed by atoms with van der Waals surface area (Å²) in [6.07, 6.45) is 1.30. The van der Waals surface area contributed by atoms with Gasteiger partial charge in [0.05, 0.1) is 31.8 Å². The molecule has 0 aliphatic rings. The smallest absolute Gasteiger partial charge is 0.337 e. The van der Waals surface area contributed by atoms with E-state index in [9.17, 15) is 18.8 Å². The van der Waals surface area contributed by atoms with E-state index >= 15 is 0 Å². The normalized spacial score (nSPS) is 12.3. The van der Waals surface area contributed by atoms with Gasteiger partial charge in [-0.15, -0.1) is 0 Å². The van der Waals surface area contributed by atoms with Crippen LogP contribution in [0, 0.1) is 5.82 Å². The first kappa shape index (κ1) is 20.5. The van der Waals surface area contributed by atoms with E-state index in [0.29, 0.717) is 0 Å². The molecule has 0 unspecified atom stereocenters. The van der Waals surface area contributed by atoms with Gasteiger partial charge >= 0.3 is 11.7 Å². The Balaban J connectivity index is 2.34. The Bertz CT molecular complexity index is 1160. The van der Waals surface area contributed by atoms with Crippen molar-refractivity contribution in [3.05, 3.63) is 57.2 Å². The van der Waals surface area contributed by atoms with Crippen molar-refractivity contribution in [2.24, 2.45) is 0 Å². The fraction of sp³-hybridized carbons (Fsp3) is 0.368. The summed E-state index contributed by atoms with van der Waals surface area (Å²) in [5.41, 5.74) is -1.04. The standard InChI is InChI=1S/C19H21FN4O5/c1-4-29-18(26)12(2)23-11-21-16-15(23)17(25)22(8-9-28-3)19(27)24(16)14-7-5-6-13(20)10-14/h5-7,10-12H,4,8-9H2,1-3H3/t12-/m0/s1. The largest absolute Gasteiger partial charge is 0.464 e. The molecule has 3 rings (SSSR count). The van der Waals surface area contributed by atoms with Crippen molar-refractivity contribution >= 4 is 17.1 Å². The number of aromatic nitrogens is 4. The summed E-state index contributed by atoms with van der Waals surface area (Å²) in [4.78, 5) is 42.5. The van der Waals surface area contributed by atoms with Crippen LogP contribution in [0.15, 0.2) is 40.2 Å². The molecule has 0 saturated heterocycles. The molecule has 0 spiro atoms. The minimum atomic E-state index is -0.845. The van der Waals surface area contributed by atoms with Crippen molar-refractivity contribution in [3.63, 3.8) is 0 Å². The molecule has 0 fully saturated rings. The van der Waals surface area contributed by atoms with Crippen LogP contribution < -0.4 is 11.2 Å². The highest BCUT2D eigenvalue weighted by Crippen LogP contribution is 2.18. The predicted molar refractivity (Wildman–Crippen MR) is 103 cm³/mol. The first-order chi connectivity index (χ1) is 13.9. The van der Waals surface area contributed by atoms with E-state index < -0.39 is 29.1 Å². The van der Waals surface area contributed by atoms with Crippen LogP contribution in [0.3, 0.4) is 0 Å². The fourth-order valence-electron chi connectivity index (χ4n) is 3.04. The van der Waals surface area contributed by atoms with E-state index in [2.05, 4.69) is 4.98 Å². The predicted octanol–water partition coefficient (Wildman–Crippen LogP) is 1.26. The number of benzene rings is 1. The lowest BCUT2D eigenvalue weighted by molar-refractivity contribution is -0.146. The zero-order valence-corrected chi connectivity index (χ0v) is 16.3. The Hall–Kier alpha value is -3.27. The van der Waals surface area contributed by atoms with Crippen LogP contribution in [0.5, 0.6) is 0 Å². The molecular formula is C19H21FN4O5. The number of fused-ring (bicyclic) bond motifs is 1.